The molecular weight excluding hydrogens is 84.0 g/mol. The van der Waals surface area contributed by atoms with Crippen LogP contribution in [0.5, 0.6) is 0 Å². The van der Waals surface area contributed by atoms with Gasteiger partial charge in [0, 0.05) is 0 Å². The predicted molar refractivity (Wildman–Crippen MR) is 19.2 cm³/mol. The Balaban J connectivity index is 3.35. The maximum Gasteiger partial charge on any atom is 0.183 e. The van der Waals surface area contributed by atoms with Crippen molar-refractivity contribution < 1.29 is 16.4 Å². The number of ketones is 1. The highest BCUT2D eigenvalue weighted by Crippen LogP contribution is 1.59. The number of rotatable bonds is 2. The number of aliphatic hydroxyl groups is 2. The molecule has 0 aromatic rings. The predicted octanol–water partition coefficient (Wildman–Crippen LogP) is -1.46. The molecule has 0 saturated carbocycles. The molecule has 0 aliphatic rings. The minimum Gasteiger partial charge on any atom is -0.388 e. The fourth-order valence-electron chi connectivity index (χ4n) is 0.0408. The highest BCUT2D eigenvalue weighted by molar-refractivity contribution is 5.80. The molecule has 0 spiro atoms. The van der Waals surface area contributed by atoms with E-state index in [1.54, 1.807) is 0 Å². The largest absolute Gasteiger partial charge is 0.388 e. The van der Waals surface area contributed by atoms with Gasteiger partial charge in [-0.2, -0.15) is 0 Å². The maximum atomic E-state index is 9.82. The molecule has 1 unspecified atom stereocenters. The van der Waals surface area contributed by atoms with Crippen LogP contribution in [0.3, 0.4) is 0 Å². The summed E-state index contributed by atoms with van der Waals surface area (Å²) >= 11 is 0. The van der Waals surface area contributed by atoms with Crippen LogP contribution in [0.1, 0.15) is 1.37 Å². The number of Topliss-reactive ketones (excluding diaryl/α,β-unsaturated/α-hetero) is 1. The molecule has 0 aromatic carbocycles. The fraction of sp³-hybridized carbons (Fsp3) is 0.667. The standard InChI is InChI=1S/C3H6O3/c4-1-3(6)2-5/h4-5H,1-2H2/i1D. The summed E-state index contributed by atoms with van der Waals surface area (Å²) in [5.41, 5.74) is 0. The third-order valence-corrected chi connectivity index (χ3v) is 0.300. The number of aliphatic hydroxyl groups excluding tert-OH is 2. The number of hydrogen-bond acceptors (Lipinski definition) is 3. The molecule has 2 N–H and O–H groups in total. The minimum atomic E-state index is -1.77. The normalized spacial score (nSPS) is 16.0. The van der Waals surface area contributed by atoms with Crippen LogP contribution in [0.2, 0.25) is 0 Å². The molecule has 0 amide bonds. The van der Waals surface area contributed by atoms with E-state index in [0.29, 0.717) is 0 Å². The van der Waals surface area contributed by atoms with E-state index in [-0.39, 0.29) is 0 Å². The first-order chi connectivity index (χ1) is 3.18. The van der Waals surface area contributed by atoms with Gasteiger partial charge in [-0.15, -0.1) is 0 Å². The van der Waals surface area contributed by atoms with Gasteiger partial charge in [0.2, 0.25) is 0 Å². The van der Waals surface area contributed by atoms with Crippen molar-refractivity contribution in [2.24, 2.45) is 0 Å². The molecule has 0 aliphatic heterocycles. The van der Waals surface area contributed by atoms with Crippen LogP contribution in [0, 0.1) is 0 Å². The quantitative estimate of drug-likeness (QED) is 0.436. The fourth-order valence-corrected chi connectivity index (χ4v) is 0.0408. The topological polar surface area (TPSA) is 57.5 Å². The van der Waals surface area contributed by atoms with Crippen LogP contribution in [-0.4, -0.2) is 29.2 Å². The molecule has 0 saturated heterocycles. The van der Waals surface area contributed by atoms with Gasteiger partial charge in [0.05, 0.1) is 1.37 Å². The lowest BCUT2D eigenvalue weighted by Crippen LogP contribution is -2.07. The Morgan fingerprint density at radius 1 is 1.83 bits per heavy atom. The summed E-state index contributed by atoms with van der Waals surface area (Å²) in [5.74, 6) is -0.875. The Bertz CT molecular complexity index is 70.6. The smallest absolute Gasteiger partial charge is 0.183 e. The van der Waals surface area contributed by atoms with Gasteiger partial charge in [-0.25, -0.2) is 0 Å². The Hall–Kier alpha value is -0.410. The SMILES string of the molecule is [2H]C(O)C(=O)CO. The first kappa shape index (κ1) is 3.77. The van der Waals surface area contributed by atoms with Gasteiger partial charge >= 0.3 is 0 Å². The molecule has 1 atom stereocenters. The number of carbonyl (C=O) groups excluding carboxylic acids is 1. The zero-order valence-corrected chi connectivity index (χ0v) is 3.09. The van der Waals surface area contributed by atoms with Crippen LogP contribution in [0.25, 0.3) is 0 Å². The molecule has 3 nitrogen and oxygen atoms in total. The van der Waals surface area contributed by atoms with Gasteiger partial charge in [0.1, 0.15) is 13.2 Å². The second kappa shape index (κ2) is 2.81. The van der Waals surface area contributed by atoms with E-state index in [0.717, 1.165) is 0 Å². The Kier molecular flexibility index (Phi) is 1.76. The summed E-state index contributed by atoms with van der Waals surface area (Å²) in [5, 5.41) is 15.9. The molecule has 0 bridgehead atoms. The van der Waals surface area contributed by atoms with E-state index < -0.39 is 19.0 Å². The lowest BCUT2D eigenvalue weighted by atomic mass is 10.5. The average Bonchev–Trinajstić information content (AvgIpc) is 1.65. The third kappa shape index (κ3) is 1.87. The first-order valence-corrected chi connectivity index (χ1v) is 1.42. The molecule has 36 valence electrons. The zero-order valence-electron chi connectivity index (χ0n) is 4.09. The third-order valence-electron chi connectivity index (χ3n) is 0.300. The van der Waals surface area contributed by atoms with Gasteiger partial charge in [-0.1, -0.05) is 0 Å². The van der Waals surface area contributed by atoms with Crippen LogP contribution in [0.4, 0.5) is 0 Å². The summed E-state index contributed by atoms with van der Waals surface area (Å²) in [6, 6.07) is 0. The second-order valence-corrected chi connectivity index (χ2v) is 0.754. The number of hydrogen-bond donors (Lipinski definition) is 2. The minimum absolute atomic E-state index is 0.759. The van der Waals surface area contributed by atoms with Crippen molar-refractivity contribution in [3.05, 3.63) is 0 Å². The molecule has 0 fully saturated rings. The molecule has 3 heteroatoms. The molecule has 0 radical (unpaired) electrons. The average molecular weight is 91.1 g/mol. The van der Waals surface area contributed by atoms with E-state index >= 15 is 0 Å². The van der Waals surface area contributed by atoms with E-state index in [4.69, 9.17) is 11.6 Å². The molecule has 0 aromatic heterocycles. The maximum absolute atomic E-state index is 9.82. The molecule has 6 heavy (non-hydrogen) atoms. The van der Waals surface area contributed by atoms with Crippen molar-refractivity contribution in [3.8, 4) is 0 Å². The van der Waals surface area contributed by atoms with E-state index in [1.165, 1.54) is 0 Å². The van der Waals surface area contributed by atoms with Crippen LogP contribution >= 0.6 is 0 Å². The summed E-state index contributed by atoms with van der Waals surface area (Å²) in [6.45, 7) is -2.53. The zero-order chi connectivity index (χ0) is 5.86. The van der Waals surface area contributed by atoms with Crippen molar-refractivity contribution >= 4 is 5.78 Å². The number of carbonyl (C=O) groups is 1. The van der Waals surface area contributed by atoms with Gasteiger partial charge in [0.25, 0.3) is 0 Å². The molecule has 0 heterocycles. The summed E-state index contributed by atoms with van der Waals surface area (Å²) in [4.78, 5) is 9.82. The summed E-state index contributed by atoms with van der Waals surface area (Å²) in [6.07, 6.45) is 0. The summed E-state index contributed by atoms with van der Waals surface area (Å²) < 4.78 is 6.23. The van der Waals surface area contributed by atoms with Crippen LogP contribution < -0.4 is 0 Å². The van der Waals surface area contributed by atoms with Gasteiger partial charge in [0.15, 0.2) is 5.78 Å². The van der Waals surface area contributed by atoms with Crippen molar-refractivity contribution in [1.82, 2.24) is 0 Å². The first-order valence-electron chi connectivity index (χ1n) is 2.00. The Morgan fingerprint density at radius 2 is 2.33 bits per heavy atom. The van der Waals surface area contributed by atoms with E-state index in [1.807, 2.05) is 0 Å². The highest BCUT2D eigenvalue weighted by atomic mass is 16.3. The van der Waals surface area contributed by atoms with Crippen LogP contribution in [0.15, 0.2) is 0 Å². The van der Waals surface area contributed by atoms with Gasteiger partial charge in [-0.3, -0.25) is 4.79 Å². The monoisotopic (exact) mass is 91.0 g/mol. The molecule has 0 aliphatic carbocycles. The van der Waals surface area contributed by atoms with Crippen molar-refractivity contribution in [3.63, 3.8) is 0 Å². The van der Waals surface area contributed by atoms with Crippen LogP contribution in [-0.2, 0) is 4.79 Å². The summed E-state index contributed by atoms with van der Waals surface area (Å²) in [7, 11) is 0. The van der Waals surface area contributed by atoms with Gasteiger partial charge < -0.3 is 10.2 Å². The van der Waals surface area contributed by atoms with Crippen molar-refractivity contribution in [2.75, 3.05) is 13.2 Å². The Morgan fingerprint density at radius 3 is 2.33 bits per heavy atom. The van der Waals surface area contributed by atoms with Crippen molar-refractivity contribution in [1.29, 1.82) is 0 Å². The highest BCUT2D eigenvalue weighted by Gasteiger charge is 1.89. The van der Waals surface area contributed by atoms with Gasteiger partial charge in [-0.05, 0) is 0 Å². The second-order valence-electron chi connectivity index (χ2n) is 0.754. The van der Waals surface area contributed by atoms with E-state index in [2.05, 4.69) is 0 Å². The van der Waals surface area contributed by atoms with Crippen molar-refractivity contribution in [2.45, 2.75) is 0 Å². The lowest BCUT2D eigenvalue weighted by Gasteiger charge is -1.81. The molecular formula is C3H6O3. The van der Waals surface area contributed by atoms with E-state index in [9.17, 15) is 4.79 Å². The molecule has 0 rings (SSSR count). The lowest BCUT2D eigenvalue weighted by molar-refractivity contribution is -0.124. The Labute approximate surface area is 36.6 Å².